The largest absolute Gasteiger partial charge is 0.488 e. The molecule has 2 aromatic rings. The third kappa shape index (κ3) is 5.96. The van der Waals surface area contributed by atoms with Gasteiger partial charge in [-0.05, 0) is 31.2 Å². The van der Waals surface area contributed by atoms with E-state index < -0.39 is 0 Å². The van der Waals surface area contributed by atoms with E-state index in [1.807, 2.05) is 42.5 Å². The molecule has 144 valence electrons. The van der Waals surface area contributed by atoms with Crippen molar-refractivity contribution in [3.8, 4) is 5.75 Å². The predicted molar refractivity (Wildman–Crippen MR) is 108 cm³/mol. The van der Waals surface area contributed by atoms with Crippen molar-refractivity contribution >= 4 is 17.5 Å². The van der Waals surface area contributed by atoms with Crippen molar-refractivity contribution in [1.29, 1.82) is 0 Å². The van der Waals surface area contributed by atoms with Gasteiger partial charge in [0.15, 0.2) is 0 Å². The molecule has 1 amide bonds. The Morgan fingerprint density at radius 1 is 1.11 bits per heavy atom. The molecule has 27 heavy (non-hydrogen) atoms. The number of benzene rings is 2. The third-order valence-corrected chi connectivity index (χ3v) is 4.99. The van der Waals surface area contributed by atoms with Crippen molar-refractivity contribution in [2.24, 2.45) is 0 Å². The van der Waals surface area contributed by atoms with Crippen LogP contribution in [0.2, 0.25) is 5.02 Å². The molecule has 1 aliphatic heterocycles. The summed E-state index contributed by atoms with van der Waals surface area (Å²) in [5, 5.41) is 7.01. The molecule has 2 N–H and O–H groups in total. The van der Waals surface area contributed by atoms with E-state index in [-0.39, 0.29) is 5.91 Å². The van der Waals surface area contributed by atoms with Crippen LogP contribution in [0.15, 0.2) is 48.5 Å². The van der Waals surface area contributed by atoms with Gasteiger partial charge in [0, 0.05) is 43.3 Å². The van der Waals surface area contributed by atoms with Crippen LogP contribution in [-0.2, 0) is 6.61 Å². The quantitative estimate of drug-likeness (QED) is 0.684. The standard InChI is InChI=1S/C21H26ClN3O2/c22-19-8-3-1-6-17(19)16-27-20-9-4-2-7-18(20)21(26)24-10-5-13-25-14-11-23-12-15-25/h1-4,6-9,23H,5,10-16H2,(H,24,26). The van der Waals surface area contributed by atoms with Crippen LogP contribution in [-0.4, -0.2) is 50.1 Å². The van der Waals surface area contributed by atoms with E-state index >= 15 is 0 Å². The second kappa shape index (κ2) is 10.3. The lowest BCUT2D eigenvalue weighted by atomic mass is 10.2. The lowest BCUT2D eigenvalue weighted by Crippen LogP contribution is -2.44. The van der Waals surface area contributed by atoms with E-state index in [1.54, 1.807) is 6.07 Å². The van der Waals surface area contributed by atoms with Crippen LogP contribution in [0.4, 0.5) is 0 Å². The summed E-state index contributed by atoms with van der Waals surface area (Å²) in [6, 6.07) is 14.9. The predicted octanol–water partition coefficient (Wildman–Crippen LogP) is 2.94. The second-order valence-corrected chi connectivity index (χ2v) is 6.98. The zero-order valence-electron chi connectivity index (χ0n) is 15.4. The van der Waals surface area contributed by atoms with E-state index in [1.165, 1.54) is 0 Å². The SMILES string of the molecule is O=C(NCCCN1CCNCC1)c1ccccc1OCc1ccccc1Cl. The van der Waals surface area contributed by atoms with Crippen LogP contribution in [0.25, 0.3) is 0 Å². The molecule has 0 aliphatic carbocycles. The van der Waals surface area contributed by atoms with Gasteiger partial charge in [0.2, 0.25) is 0 Å². The van der Waals surface area contributed by atoms with E-state index in [9.17, 15) is 4.79 Å². The van der Waals surface area contributed by atoms with Crippen LogP contribution >= 0.6 is 11.6 Å². The lowest BCUT2D eigenvalue weighted by Gasteiger charge is -2.27. The number of hydrogen-bond acceptors (Lipinski definition) is 4. The van der Waals surface area contributed by atoms with Crippen molar-refractivity contribution in [3.63, 3.8) is 0 Å². The summed E-state index contributed by atoms with van der Waals surface area (Å²) in [6.07, 6.45) is 0.939. The highest BCUT2D eigenvalue weighted by molar-refractivity contribution is 6.31. The molecule has 6 heteroatoms. The van der Waals surface area contributed by atoms with E-state index in [0.29, 0.717) is 29.5 Å². The summed E-state index contributed by atoms with van der Waals surface area (Å²) in [7, 11) is 0. The minimum atomic E-state index is -0.106. The Labute approximate surface area is 165 Å². The van der Waals surface area contributed by atoms with Crippen molar-refractivity contribution in [2.75, 3.05) is 39.3 Å². The van der Waals surface area contributed by atoms with Gasteiger partial charge < -0.3 is 20.3 Å². The molecule has 0 aromatic heterocycles. The van der Waals surface area contributed by atoms with Crippen LogP contribution in [0.5, 0.6) is 5.75 Å². The minimum absolute atomic E-state index is 0.106. The Balaban J connectivity index is 1.50. The van der Waals surface area contributed by atoms with Gasteiger partial charge in [-0.3, -0.25) is 4.79 Å². The van der Waals surface area contributed by atoms with E-state index in [0.717, 1.165) is 44.7 Å². The average molecular weight is 388 g/mol. The molecular weight excluding hydrogens is 362 g/mol. The molecule has 0 bridgehead atoms. The first-order valence-corrected chi connectivity index (χ1v) is 9.78. The summed E-state index contributed by atoms with van der Waals surface area (Å²) in [5.74, 6) is 0.460. The number of carbonyl (C=O) groups excluding carboxylic acids is 1. The summed E-state index contributed by atoms with van der Waals surface area (Å²) in [4.78, 5) is 15.0. The normalized spacial score (nSPS) is 14.7. The minimum Gasteiger partial charge on any atom is -0.488 e. The van der Waals surface area contributed by atoms with Gasteiger partial charge >= 0.3 is 0 Å². The first-order chi connectivity index (χ1) is 13.2. The summed E-state index contributed by atoms with van der Waals surface area (Å²) in [5.41, 5.74) is 1.44. The highest BCUT2D eigenvalue weighted by atomic mass is 35.5. The van der Waals surface area contributed by atoms with Gasteiger partial charge in [-0.2, -0.15) is 0 Å². The Morgan fingerprint density at radius 3 is 2.67 bits per heavy atom. The summed E-state index contributed by atoms with van der Waals surface area (Å²) < 4.78 is 5.87. The van der Waals surface area contributed by atoms with Crippen molar-refractivity contribution in [2.45, 2.75) is 13.0 Å². The van der Waals surface area contributed by atoms with Gasteiger partial charge in [0.25, 0.3) is 5.91 Å². The number of hydrogen-bond donors (Lipinski definition) is 2. The number of halogens is 1. The molecule has 1 aliphatic rings. The molecule has 3 rings (SSSR count). The number of nitrogens with zero attached hydrogens (tertiary/aromatic N) is 1. The number of rotatable bonds is 8. The van der Waals surface area contributed by atoms with Gasteiger partial charge in [-0.25, -0.2) is 0 Å². The third-order valence-electron chi connectivity index (χ3n) is 4.62. The molecule has 1 fully saturated rings. The monoisotopic (exact) mass is 387 g/mol. The highest BCUT2D eigenvalue weighted by Crippen LogP contribution is 2.22. The highest BCUT2D eigenvalue weighted by Gasteiger charge is 2.13. The Morgan fingerprint density at radius 2 is 1.85 bits per heavy atom. The molecule has 1 heterocycles. The van der Waals surface area contributed by atoms with Crippen LogP contribution < -0.4 is 15.4 Å². The van der Waals surface area contributed by atoms with E-state index in [2.05, 4.69) is 15.5 Å². The first kappa shape index (κ1) is 19.7. The fourth-order valence-electron chi connectivity index (χ4n) is 3.09. The number of nitrogens with one attached hydrogen (secondary N) is 2. The van der Waals surface area contributed by atoms with Crippen molar-refractivity contribution in [1.82, 2.24) is 15.5 Å². The Kier molecular flexibility index (Phi) is 7.51. The van der Waals surface area contributed by atoms with E-state index in [4.69, 9.17) is 16.3 Å². The summed E-state index contributed by atoms with van der Waals surface area (Å²) >= 11 is 6.17. The molecule has 2 aromatic carbocycles. The van der Waals surface area contributed by atoms with Crippen LogP contribution in [0.1, 0.15) is 22.3 Å². The average Bonchev–Trinajstić information content (AvgIpc) is 2.71. The van der Waals surface area contributed by atoms with Gasteiger partial charge in [0.1, 0.15) is 12.4 Å². The first-order valence-electron chi connectivity index (χ1n) is 9.40. The molecule has 0 radical (unpaired) electrons. The molecule has 1 saturated heterocycles. The Hall–Kier alpha value is -2.08. The fraction of sp³-hybridized carbons (Fsp3) is 0.381. The van der Waals surface area contributed by atoms with Gasteiger partial charge in [0.05, 0.1) is 5.56 Å². The smallest absolute Gasteiger partial charge is 0.255 e. The number of ether oxygens (including phenoxy) is 1. The topological polar surface area (TPSA) is 53.6 Å². The number of carbonyl (C=O) groups is 1. The van der Waals surface area contributed by atoms with Crippen molar-refractivity contribution in [3.05, 3.63) is 64.7 Å². The molecule has 0 atom stereocenters. The van der Waals surface area contributed by atoms with Crippen LogP contribution in [0, 0.1) is 0 Å². The lowest BCUT2D eigenvalue weighted by molar-refractivity contribution is 0.0946. The zero-order valence-corrected chi connectivity index (χ0v) is 16.2. The Bertz CT molecular complexity index is 748. The maximum absolute atomic E-state index is 12.6. The second-order valence-electron chi connectivity index (χ2n) is 6.58. The summed E-state index contributed by atoms with van der Waals surface area (Å²) in [6.45, 7) is 6.23. The van der Waals surface area contributed by atoms with Gasteiger partial charge in [-0.15, -0.1) is 0 Å². The number of para-hydroxylation sites is 1. The van der Waals surface area contributed by atoms with Gasteiger partial charge in [-0.1, -0.05) is 41.9 Å². The zero-order chi connectivity index (χ0) is 18.9. The maximum atomic E-state index is 12.6. The number of piperazine rings is 1. The fourth-order valence-corrected chi connectivity index (χ4v) is 3.28. The molecule has 5 nitrogen and oxygen atoms in total. The number of amides is 1. The molecule has 0 saturated carbocycles. The molecular formula is C21H26ClN3O2. The molecule has 0 unspecified atom stereocenters. The van der Waals surface area contributed by atoms with Crippen LogP contribution in [0.3, 0.4) is 0 Å². The molecule has 0 spiro atoms. The maximum Gasteiger partial charge on any atom is 0.255 e. The van der Waals surface area contributed by atoms with Crippen molar-refractivity contribution < 1.29 is 9.53 Å².